The molecule has 0 bridgehead atoms. The Morgan fingerprint density at radius 2 is 1.64 bits per heavy atom. The van der Waals surface area contributed by atoms with E-state index >= 15 is 0 Å². The first-order chi connectivity index (χ1) is 13.7. The smallest absolute Gasteiger partial charge is 0.263 e. The van der Waals surface area contributed by atoms with Crippen LogP contribution in [0.1, 0.15) is 32.6 Å². The lowest BCUT2D eigenvalue weighted by Crippen LogP contribution is -2.48. The SMILES string of the molecule is CC(Oc1ccc(-c2ccccc2)cc1)C(=O)N1CCC(NCC2CC2)CC1. The van der Waals surface area contributed by atoms with Crippen LogP contribution in [0.4, 0.5) is 0 Å². The second-order valence-electron chi connectivity index (χ2n) is 8.10. The molecule has 4 rings (SSSR count). The van der Waals surface area contributed by atoms with E-state index < -0.39 is 6.10 Å². The highest BCUT2D eigenvalue weighted by molar-refractivity contribution is 5.81. The summed E-state index contributed by atoms with van der Waals surface area (Å²) in [7, 11) is 0. The Labute approximate surface area is 167 Å². The summed E-state index contributed by atoms with van der Waals surface area (Å²) in [5.74, 6) is 1.73. The highest BCUT2D eigenvalue weighted by Crippen LogP contribution is 2.28. The van der Waals surface area contributed by atoms with Crippen molar-refractivity contribution in [3.8, 4) is 16.9 Å². The zero-order chi connectivity index (χ0) is 19.3. The number of nitrogens with one attached hydrogen (secondary N) is 1. The van der Waals surface area contributed by atoms with Crippen molar-refractivity contribution in [2.45, 2.75) is 44.8 Å². The summed E-state index contributed by atoms with van der Waals surface area (Å²) in [6.45, 7) is 4.64. The van der Waals surface area contributed by atoms with Crippen molar-refractivity contribution in [1.82, 2.24) is 10.2 Å². The molecule has 1 atom stereocenters. The lowest BCUT2D eigenvalue weighted by Gasteiger charge is -2.34. The molecule has 1 saturated carbocycles. The van der Waals surface area contributed by atoms with E-state index in [1.54, 1.807) is 0 Å². The van der Waals surface area contributed by atoms with E-state index in [0.717, 1.165) is 49.7 Å². The molecule has 1 N–H and O–H groups in total. The van der Waals surface area contributed by atoms with Crippen LogP contribution in [0.5, 0.6) is 5.75 Å². The number of amides is 1. The third-order valence-corrected chi connectivity index (χ3v) is 5.82. The van der Waals surface area contributed by atoms with Crippen LogP contribution >= 0.6 is 0 Å². The highest BCUT2D eigenvalue weighted by Gasteiger charge is 2.28. The number of hydrogen-bond donors (Lipinski definition) is 1. The van der Waals surface area contributed by atoms with Crippen molar-refractivity contribution in [1.29, 1.82) is 0 Å². The fraction of sp³-hybridized carbons (Fsp3) is 0.458. The van der Waals surface area contributed by atoms with Crippen molar-refractivity contribution in [3.05, 3.63) is 54.6 Å². The van der Waals surface area contributed by atoms with Gasteiger partial charge in [-0.3, -0.25) is 4.79 Å². The van der Waals surface area contributed by atoms with Gasteiger partial charge in [0.05, 0.1) is 0 Å². The van der Waals surface area contributed by atoms with Crippen molar-refractivity contribution in [2.75, 3.05) is 19.6 Å². The van der Waals surface area contributed by atoms with Crippen molar-refractivity contribution in [3.63, 3.8) is 0 Å². The second kappa shape index (κ2) is 8.78. The van der Waals surface area contributed by atoms with Gasteiger partial charge in [0.1, 0.15) is 5.75 Å². The fourth-order valence-corrected chi connectivity index (χ4v) is 3.83. The molecule has 0 spiro atoms. The average Bonchev–Trinajstić information content (AvgIpc) is 3.58. The zero-order valence-corrected chi connectivity index (χ0v) is 16.6. The van der Waals surface area contributed by atoms with Crippen LogP contribution in [0, 0.1) is 5.92 Å². The fourth-order valence-electron chi connectivity index (χ4n) is 3.83. The Balaban J connectivity index is 1.26. The van der Waals surface area contributed by atoms with Gasteiger partial charge in [0, 0.05) is 19.1 Å². The van der Waals surface area contributed by atoms with E-state index in [9.17, 15) is 4.79 Å². The molecule has 148 valence electrons. The molecular weight excluding hydrogens is 348 g/mol. The highest BCUT2D eigenvalue weighted by atomic mass is 16.5. The van der Waals surface area contributed by atoms with Gasteiger partial charge in [0.2, 0.25) is 0 Å². The zero-order valence-electron chi connectivity index (χ0n) is 16.6. The Hall–Kier alpha value is -2.33. The second-order valence-corrected chi connectivity index (χ2v) is 8.10. The summed E-state index contributed by atoms with van der Waals surface area (Å²) in [5.41, 5.74) is 2.32. The summed E-state index contributed by atoms with van der Waals surface area (Å²) in [5, 5.41) is 3.66. The predicted molar refractivity (Wildman–Crippen MR) is 112 cm³/mol. The van der Waals surface area contributed by atoms with Crippen molar-refractivity contribution < 1.29 is 9.53 Å². The first-order valence-corrected chi connectivity index (χ1v) is 10.5. The van der Waals surface area contributed by atoms with Gasteiger partial charge < -0.3 is 15.0 Å². The molecule has 1 saturated heterocycles. The molecule has 2 fully saturated rings. The van der Waals surface area contributed by atoms with E-state index in [1.807, 2.05) is 54.3 Å². The van der Waals surface area contributed by atoms with Crippen molar-refractivity contribution >= 4 is 5.91 Å². The molecule has 1 heterocycles. The molecule has 1 amide bonds. The number of nitrogens with zero attached hydrogens (tertiary/aromatic N) is 1. The number of rotatable bonds is 7. The number of benzene rings is 2. The number of carbonyl (C=O) groups is 1. The molecule has 28 heavy (non-hydrogen) atoms. The summed E-state index contributed by atoms with van der Waals surface area (Å²) >= 11 is 0. The monoisotopic (exact) mass is 378 g/mol. The lowest BCUT2D eigenvalue weighted by molar-refractivity contribution is -0.139. The van der Waals surface area contributed by atoms with Gasteiger partial charge in [0.25, 0.3) is 5.91 Å². The van der Waals surface area contributed by atoms with E-state index in [2.05, 4.69) is 17.4 Å². The Bertz CT molecular complexity index is 763. The largest absolute Gasteiger partial charge is 0.481 e. The van der Waals surface area contributed by atoms with Crippen LogP contribution in [0.3, 0.4) is 0 Å². The molecular formula is C24H30N2O2. The molecule has 1 unspecified atom stereocenters. The number of likely N-dealkylation sites (tertiary alicyclic amines) is 1. The Kier molecular flexibility index (Phi) is 5.96. The number of hydrogen-bond acceptors (Lipinski definition) is 3. The molecule has 2 aromatic carbocycles. The molecule has 1 aliphatic heterocycles. The van der Waals surface area contributed by atoms with Gasteiger partial charge in [-0.2, -0.15) is 0 Å². The first kappa shape index (κ1) is 19.0. The standard InChI is InChI=1S/C24H30N2O2/c1-18(24(27)26-15-13-22(14-16-26)25-17-19-7-8-19)28-23-11-9-21(10-12-23)20-5-3-2-4-6-20/h2-6,9-12,18-19,22,25H,7-8,13-17H2,1H3. The molecule has 4 nitrogen and oxygen atoms in total. The minimum absolute atomic E-state index is 0.0905. The molecule has 0 aromatic heterocycles. The maximum atomic E-state index is 12.8. The van der Waals surface area contributed by atoms with Crippen LogP contribution in [0.15, 0.2) is 54.6 Å². The third-order valence-electron chi connectivity index (χ3n) is 5.82. The van der Waals surface area contributed by atoms with Crippen LogP contribution in [0.25, 0.3) is 11.1 Å². The maximum Gasteiger partial charge on any atom is 0.263 e. The van der Waals surface area contributed by atoms with Gasteiger partial charge in [-0.15, -0.1) is 0 Å². The summed E-state index contributed by atoms with van der Waals surface area (Å²) in [6, 6.07) is 18.8. The quantitative estimate of drug-likeness (QED) is 0.788. The first-order valence-electron chi connectivity index (χ1n) is 10.5. The van der Waals surface area contributed by atoms with Crippen LogP contribution in [0.2, 0.25) is 0 Å². The van der Waals surface area contributed by atoms with E-state index in [-0.39, 0.29) is 5.91 Å². The van der Waals surface area contributed by atoms with Gasteiger partial charge in [-0.1, -0.05) is 42.5 Å². The van der Waals surface area contributed by atoms with Gasteiger partial charge in [-0.25, -0.2) is 0 Å². The van der Waals surface area contributed by atoms with Crippen LogP contribution in [-0.2, 0) is 4.79 Å². The van der Waals surface area contributed by atoms with Gasteiger partial charge in [-0.05, 0) is 68.3 Å². The summed E-state index contributed by atoms with van der Waals surface area (Å²) < 4.78 is 5.93. The molecule has 2 aromatic rings. The van der Waals surface area contributed by atoms with E-state index in [0.29, 0.717) is 6.04 Å². The van der Waals surface area contributed by atoms with E-state index in [1.165, 1.54) is 18.4 Å². The summed E-state index contributed by atoms with van der Waals surface area (Å²) in [6.07, 6.45) is 4.38. The number of ether oxygens (including phenoxy) is 1. The summed E-state index contributed by atoms with van der Waals surface area (Å²) in [4.78, 5) is 14.7. The van der Waals surface area contributed by atoms with E-state index in [4.69, 9.17) is 4.74 Å². The van der Waals surface area contributed by atoms with Gasteiger partial charge >= 0.3 is 0 Å². The van der Waals surface area contributed by atoms with Gasteiger partial charge in [0.15, 0.2) is 6.10 Å². The Morgan fingerprint density at radius 3 is 2.29 bits per heavy atom. The predicted octanol–water partition coefficient (Wildman–Crippen LogP) is 4.11. The Morgan fingerprint density at radius 1 is 1.00 bits per heavy atom. The molecule has 1 aliphatic carbocycles. The minimum atomic E-state index is -0.460. The maximum absolute atomic E-state index is 12.8. The van der Waals surface area contributed by atoms with Crippen LogP contribution in [-0.4, -0.2) is 42.6 Å². The minimum Gasteiger partial charge on any atom is -0.481 e. The normalized spacial score (nSPS) is 18.7. The molecule has 0 radical (unpaired) electrons. The number of carbonyl (C=O) groups excluding carboxylic acids is 1. The molecule has 2 aliphatic rings. The van der Waals surface area contributed by atoms with Crippen LogP contribution < -0.4 is 10.1 Å². The number of piperidine rings is 1. The molecule has 4 heteroatoms. The third kappa shape index (κ3) is 4.93. The lowest BCUT2D eigenvalue weighted by atomic mass is 10.0. The van der Waals surface area contributed by atoms with Crippen molar-refractivity contribution in [2.24, 2.45) is 5.92 Å². The topological polar surface area (TPSA) is 41.6 Å². The average molecular weight is 379 g/mol.